The van der Waals surface area contributed by atoms with Crippen LogP contribution in [0.4, 0.5) is 0 Å². The third kappa shape index (κ3) is 4.69. The molecule has 198 valence electrons. The number of ether oxygens (including phenoxy) is 3. The molecule has 2 aromatic rings. The lowest BCUT2D eigenvalue weighted by Gasteiger charge is -2.51. The van der Waals surface area contributed by atoms with E-state index in [1.54, 1.807) is 7.11 Å². The van der Waals surface area contributed by atoms with Crippen molar-refractivity contribution < 1.29 is 19.3 Å². The molecule has 2 N–H and O–H groups in total. The second kappa shape index (κ2) is 10.6. The van der Waals surface area contributed by atoms with Crippen LogP contribution in [0, 0.1) is 11.8 Å². The van der Waals surface area contributed by atoms with Gasteiger partial charge in [0.1, 0.15) is 5.75 Å². The Bertz CT molecular complexity index is 1020. The summed E-state index contributed by atoms with van der Waals surface area (Å²) in [4.78, 5) is 9.09. The van der Waals surface area contributed by atoms with Crippen LogP contribution in [0.5, 0.6) is 5.75 Å². The lowest BCUT2D eigenvalue weighted by molar-refractivity contribution is 0.00627. The van der Waals surface area contributed by atoms with Gasteiger partial charge >= 0.3 is 0 Å². The SMILES string of the molecule is COc1ccc2c3c([nH]c2c1)[C@H](CO)N(CC1CCOCC1)CC31CCN(CC2CCOCC2)CC1. The van der Waals surface area contributed by atoms with Crippen molar-refractivity contribution in [2.75, 3.05) is 72.9 Å². The number of benzene rings is 1. The summed E-state index contributed by atoms with van der Waals surface area (Å²) in [5.74, 6) is 2.30. The maximum absolute atomic E-state index is 10.6. The summed E-state index contributed by atoms with van der Waals surface area (Å²) in [5, 5.41) is 12.0. The summed E-state index contributed by atoms with van der Waals surface area (Å²) >= 11 is 0. The molecule has 4 aliphatic rings. The Morgan fingerprint density at radius 3 is 2.31 bits per heavy atom. The molecule has 0 saturated carbocycles. The first kappa shape index (κ1) is 24.7. The van der Waals surface area contributed by atoms with Gasteiger partial charge in [-0.15, -0.1) is 0 Å². The van der Waals surface area contributed by atoms with Gasteiger partial charge in [0, 0.05) is 74.1 Å². The van der Waals surface area contributed by atoms with Gasteiger partial charge in [0.15, 0.2) is 0 Å². The fourth-order valence-corrected chi connectivity index (χ4v) is 7.43. The number of hydrogen-bond donors (Lipinski definition) is 2. The minimum absolute atomic E-state index is 0.0205. The zero-order valence-corrected chi connectivity index (χ0v) is 21.8. The quantitative estimate of drug-likeness (QED) is 0.634. The number of aromatic nitrogens is 1. The number of hydrogen-bond acceptors (Lipinski definition) is 6. The number of aliphatic hydroxyl groups is 1. The monoisotopic (exact) mass is 497 g/mol. The van der Waals surface area contributed by atoms with Crippen LogP contribution in [0.15, 0.2) is 18.2 Å². The van der Waals surface area contributed by atoms with E-state index in [-0.39, 0.29) is 18.1 Å². The third-order valence-corrected chi connectivity index (χ3v) is 9.52. The number of nitrogens with zero attached hydrogens (tertiary/aromatic N) is 2. The van der Waals surface area contributed by atoms with Crippen LogP contribution in [0.25, 0.3) is 10.9 Å². The van der Waals surface area contributed by atoms with Crippen LogP contribution in [-0.4, -0.2) is 92.8 Å². The van der Waals surface area contributed by atoms with Gasteiger partial charge in [-0.3, -0.25) is 4.90 Å². The fourth-order valence-electron chi connectivity index (χ4n) is 7.43. The van der Waals surface area contributed by atoms with Crippen LogP contribution in [0.1, 0.15) is 55.8 Å². The second-order valence-corrected chi connectivity index (χ2v) is 11.6. The van der Waals surface area contributed by atoms with Crippen LogP contribution < -0.4 is 4.74 Å². The van der Waals surface area contributed by atoms with Gasteiger partial charge < -0.3 is 29.2 Å². The molecule has 7 heteroatoms. The molecular weight excluding hydrogens is 454 g/mol. The molecule has 0 amide bonds. The number of rotatable bonds is 6. The van der Waals surface area contributed by atoms with E-state index in [2.05, 4.69) is 33.0 Å². The van der Waals surface area contributed by atoms with E-state index in [1.165, 1.54) is 48.9 Å². The molecule has 7 nitrogen and oxygen atoms in total. The van der Waals surface area contributed by atoms with Crippen LogP contribution in [0.3, 0.4) is 0 Å². The van der Waals surface area contributed by atoms with Gasteiger partial charge in [-0.2, -0.15) is 0 Å². The number of H-pyrrole nitrogens is 1. The van der Waals surface area contributed by atoms with Crippen molar-refractivity contribution in [2.24, 2.45) is 11.8 Å². The van der Waals surface area contributed by atoms with Gasteiger partial charge in [0.05, 0.1) is 19.8 Å². The Hall–Kier alpha value is -1.64. The highest BCUT2D eigenvalue weighted by molar-refractivity contribution is 5.87. The molecule has 6 rings (SSSR count). The summed E-state index contributed by atoms with van der Waals surface area (Å²) in [6.07, 6.45) is 6.99. The zero-order valence-electron chi connectivity index (χ0n) is 21.8. The summed E-state index contributed by atoms with van der Waals surface area (Å²) in [5.41, 5.74) is 3.95. The van der Waals surface area contributed by atoms with Crippen LogP contribution in [0.2, 0.25) is 0 Å². The number of piperidine rings is 1. The van der Waals surface area contributed by atoms with E-state index < -0.39 is 0 Å². The first-order valence-corrected chi connectivity index (χ1v) is 14.1. The molecule has 36 heavy (non-hydrogen) atoms. The van der Waals surface area contributed by atoms with Gasteiger partial charge in [0.2, 0.25) is 0 Å². The Balaban J connectivity index is 1.31. The van der Waals surface area contributed by atoms with E-state index in [0.29, 0.717) is 5.92 Å². The van der Waals surface area contributed by atoms with Gasteiger partial charge in [0.25, 0.3) is 0 Å². The summed E-state index contributed by atoms with van der Waals surface area (Å²) in [6.45, 7) is 9.31. The van der Waals surface area contributed by atoms with Crippen molar-refractivity contribution in [1.82, 2.24) is 14.8 Å². The van der Waals surface area contributed by atoms with Crippen molar-refractivity contribution in [2.45, 2.75) is 50.0 Å². The van der Waals surface area contributed by atoms with E-state index in [9.17, 15) is 5.11 Å². The Labute approximate surface area is 215 Å². The lowest BCUT2D eigenvalue weighted by atomic mass is 9.68. The Morgan fingerprint density at radius 2 is 1.67 bits per heavy atom. The van der Waals surface area contributed by atoms with Gasteiger partial charge in [-0.1, -0.05) is 0 Å². The highest BCUT2D eigenvalue weighted by Gasteiger charge is 2.47. The zero-order chi connectivity index (χ0) is 24.5. The predicted molar refractivity (Wildman–Crippen MR) is 141 cm³/mol. The topological polar surface area (TPSA) is 70.2 Å². The van der Waals surface area contributed by atoms with Gasteiger partial charge in [-0.25, -0.2) is 0 Å². The lowest BCUT2D eigenvalue weighted by Crippen LogP contribution is -2.55. The predicted octanol–water partition coefficient (Wildman–Crippen LogP) is 3.71. The number of likely N-dealkylation sites (tertiary alicyclic amines) is 1. The maximum atomic E-state index is 10.6. The molecule has 0 radical (unpaired) electrons. The van der Waals surface area contributed by atoms with Crippen molar-refractivity contribution in [3.05, 3.63) is 29.5 Å². The largest absolute Gasteiger partial charge is 0.497 e. The molecule has 3 saturated heterocycles. The minimum Gasteiger partial charge on any atom is -0.497 e. The Morgan fingerprint density at radius 1 is 1.00 bits per heavy atom. The normalized spacial score (nSPS) is 26.4. The highest BCUT2D eigenvalue weighted by atomic mass is 16.5. The average molecular weight is 498 g/mol. The van der Waals surface area contributed by atoms with Crippen molar-refractivity contribution in [3.63, 3.8) is 0 Å². The number of fused-ring (bicyclic) bond motifs is 4. The van der Waals surface area contributed by atoms with E-state index >= 15 is 0 Å². The number of aliphatic hydroxyl groups excluding tert-OH is 1. The highest BCUT2D eigenvalue weighted by Crippen LogP contribution is 2.49. The molecule has 1 spiro atoms. The molecule has 1 atom stereocenters. The molecule has 5 heterocycles. The molecular formula is C29H43N3O4. The molecule has 0 unspecified atom stereocenters. The number of methoxy groups -OCH3 is 1. The Kier molecular flexibility index (Phi) is 7.28. The molecule has 0 aliphatic carbocycles. The smallest absolute Gasteiger partial charge is 0.120 e. The van der Waals surface area contributed by atoms with Gasteiger partial charge in [-0.05, 0) is 81.1 Å². The fraction of sp³-hybridized carbons (Fsp3) is 0.724. The minimum atomic E-state index is 0.0205. The second-order valence-electron chi connectivity index (χ2n) is 11.6. The van der Waals surface area contributed by atoms with Crippen molar-refractivity contribution in [3.8, 4) is 5.75 Å². The molecule has 1 aromatic heterocycles. The summed E-state index contributed by atoms with van der Waals surface area (Å²) in [6, 6.07) is 6.47. The van der Waals surface area contributed by atoms with E-state index in [0.717, 1.165) is 82.6 Å². The standard InChI is InChI=1S/C29H43N3O4/c1-34-23-2-3-24-25(16-23)30-28-26(19-33)32(18-22-6-14-36-15-7-22)20-29(27(24)28)8-10-31(11-9-29)17-21-4-12-35-13-5-21/h2-3,16,21-22,26,30,33H,4-15,17-20H2,1H3/t26-/m0/s1. The molecule has 0 bridgehead atoms. The van der Waals surface area contributed by atoms with Crippen LogP contribution >= 0.6 is 0 Å². The summed E-state index contributed by atoms with van der Waals surface area (Å²) < 4.78 is 16.8. The average Bonchev–Trinajstić information content (AvgIpc) is 3.31. The van der Waals surface area contributed by atoms with Crippen LogP contribution in [-0.2, 0) is 14.9 Å². The van der Waals surface area contributed by atoms with Crippen molar-refractivity contribution in [1.29, 1.82) is 0 Å². The number of nitrogens with one attached hydrogen (secondary N) is 1. The molecule has 4 aliphatic heterocycles. The van der Waals surface area contributed by atoms with Crippen molar-refractivity contribution >= 4 is 10.9 Å². The first-order chi connectivity index (χ1) is 17.7. The van der Waals surface area contributed by atoms with E-state index in [1.807, 2.05) is 0 Å². The third-order valence-electron chi connectivity index (χ3n) is 9.52. The first-order valence-electron chi connectivity index (χ1n) is 14.1. The maximum Gasteiger partial charge on any atom is 0.120 e. The summed E-state index contributed by atoms with van der Waals surface area (Å²) in [7, 11) is 1.73. The van der Waals surface area contributed by atoms with E-state index in [4.69, 9.17) is 14.2 Å². The molecule has 3 fully saturated rings. The number of aromatic amines is 1. The molecule has 1 aromatic carbocycles.